The van der Waals surface area contributed by atoms with E-state index in [-0.39, 0.29) is 6.31 Å². The van der Waals surface area contributed by atoms with E-state index in [4.69, 9.17) is 1.37 Å². The molecule has 0 unspecified atom stereocenters. The molecule has 7 heavy (non-hydrogen) atoms. The van der Waals surface area contributed by atoms with Gasteiger partial charge in [-0.05, 0) is 6.92 Å². The largest absolute Gasteiger partial charge is 0.264 e. The van der Waals surface area contributed by atoms with Gasteiger partial charge in [0.25, 0.3) is 0 Å². The van der Waals surface area contributed by atoms with E-state index in [0.717, 1.165) is 0 Å². The van der Waals surface area contributed by atoms with Crippen LogP contribution in [0, 0.1) is 0 Å². The Bertz CT molecular complexity index is 131. The second kappa shape index (κ2) is 1.59. The van der Waals surface area contributed by atoms with E-state index in [9.17, 15) is 0 Å². The van der Waals surface area contributed by atoms with Crippen LogP contribution in [0.5, 0.6) is 0 Å². The Labute approximate surface area is 42.7 Å². The van der Waals surface area contributed by atoms with Crippen LogP contribution in [0.3, 0.4) is 0 Å². The van der Waals surface area contributed by atoms with Crippen LogP contribution in [0.1, 0.15) is 8.29 Å². The number of hydrogen-bond acceptors (Lipinski definition) is 4. The third-order valence-corrected chi connectivity index (χ3v) is 0.547. The number of amidine groups is 2. The summed E-state index contributed by atoms with van der Waals surface area (Å²) >= 11 is 0. The molecule has 1 aliphatic rings. The highest BCUT2D eigenvalue weighted by Crippen LogP contribution is 1.70. The van der Waals surface area contributed by atoms with Gasteiger partial charge in [-0.25, -0.2) is 0 Å². The molecular formula is C3H6N4. The maximum atomic E-state index is 6.83. The zero-order chi connectivity index (χ0) is 5.98. The van der Waals surface area contributed by atoms with E-state index in [1.165, 1.54) is 0 Å². The molecular weight excluding hydrogens is 92.1 g/mol. The summed E-state index contributed by atoms with van der Waals surface area (Å²) in [7, 11) is 0. The van der Waals surface area contributed by atoms with Crippen LogP contribution in [0.15, 0.2) is 10.2 Å². The lowest BCUT2D eigenvalue weighted by Crippen LogP contribution is -2.23. The number of rotatable bonds is 0. The summed E-state index contributed by atoms with van der Waals surface area (Å²) < 4.78 is 6.83. The van der Waals surface area contributed by atoms with Crippen LogP contribution in [-0.4, -0.2) is 12.2 Å². The zero-order valence-electron chi connectivity index (χ0n) is 4.89. The van der Waals surface area contributed by atoms with Crippen molar-refractivity contribution in [2.75, 3.05) is 0 Å². The first-order valence-electron chi connectivity index (χ1n) is 2.39. The minimum atomic E-state index is 0.0376. The van der Waals surface area contributed by atoms with Gasteiger partial charge in [0.1, 0.15) is 13.5 Å². The molecule has 1 rings (SSSR count). The second-order valence-corrected chi connectivity index (χ2v) is 1.14. The third kappa shape index (κ3) is 0.887. The fourth-order valence-electron chi connectivity index (χ4n) is 0.268. The van der Waals surface area contributed by atoms with E-state index in [1.807, 2.05) is 0 Å². The van der Waals surface area contributed by atoms with Gasteiger partial charge in [0, 0.05) is 0 Å². The molecule has 0 atom stereocenters. The average Bonchev–Trinajstić information content (AvgIpc) is 1.77. The normalized spacial score (nSPS) is 20.4. The summed E-state index contributed by atoms with van der Waals surface area (Å²) in [6.45, 7) is 1.75. The van der Waals surface area contributed by atoms with Crippen molar-refractivity contribution >= 4 is 12.2 Å². The molecule has 0 saturated carbocycles. The van der Waals surface area contributed by atoms with Crippen molar-refractivity contribution in [3.63, 3.8) is 0 Å². The predicted molar refractivity (Wildman–Crippen MR) is 27.9 cm³/mol. The van der Waals surface area contributed by atoms with Gasteiger partial charge in [-0.2, -0.15) is 10.2 Å². The first-order valence-corrected chi connectivity index (χ1v) is 1.89. The van der Waals surface area contributed by atoms with Gasteiger partial charge in [-0.3, -0.25) is 10.9 Å². The highest BCUT2D eigenvalue weighted by molar-refractivity contribution is 5.82. The lowest BCUT2D eigenvalue weighted by molar-refractivity contribution is 0.899. The molecule has 38 valence electrons. The maximum Gasteiger partial charge on any atom is 0.139 e. The minimum absolute atomic E-state index is 0.0376. The molecule has 1 heterocycles. The van der Waals surface area contributed by atoms with Crippen molar-refractivity contribution in [1.29, 1.82) is 0 Å². The van der Waals surface area contributed by atoms with E-state index in [1.54, 1.807) is 6.92 Å². The van der Waals surface area contributed by atoms with Gasteiger partial charge in [0.2, 0.25) is 0 Å². The highest BCUT2D eigenvalue weighted by atomic mass is 15.5. The maximum absolute atomic E-state index is 6.83. The summed E-state index contributed by atoms with van der Waals surface area (Å²) in [4.78, 5) is 0. The molecule has 1 aliphatic heterocycles. The van der Waals surface area contributed by atoms with E-state index in [0.29, 0.717) is 5.84 Å². The van der Waals surface area contributed by atoms with Crippen molar-refractivity contribution in [1.82, 2.24) is 10.9 Å². The monoisotopic (exact) mass is 99.1 g/mol. The fourth-order valence-corrected chi connectivity index (χ4v) is 0.268. The summed E-state index contributed by atoms with van der Waals surface area (Å²) in [6.07, 6.45) is 0.0376. The van der Waals surface area contributed by atoms with Gasteiger partial charge in [-0.15, -0.1) is 0 Å². The Hall–Kier alpha value is -1.06. The fraction of sp³-hybridized carbons (Fsp3) is 0.333. The molecule has 0 aromatic heterocycles. The summed E-state index contributed by atoms with van der Waals surface area (Å²) in [5.41, 5.74) is 4.89. The topological polar surface area (TPSA) is 48.8 Å². The van der Waals surface area contributed by atoms with Crippen molar-refractivity contribution in [3.05, 3.63) is 0 Å². The number of nitrogens with zero attached hydrogens (tertiary/aromatic N) is 2. The highest BCUT2D eigenvalue weighted by Gasteiger charge is 1.86. The van der Waals surface area contributed by atoms with E-state index in [2.05, 4.69) is 21.1 Å². The summed E-state index contributed by atoms with van der Waals surface area (Å²) in [5.74, 6) is 0.668. The van der Waals surface area contributed by atoms with Crippen LogP contribution >= 0.6 is 0 Å². The molecule has 0 amide bonds. The summed E-state index contributed by atoms with van der Waals surface area (Å²) in [5, 5.41) is 7.15. The Morgan fingerprint density at radius 2 is 2.86 bits per heavy atom. The Morgan fingerprint density at radius 1 is 2.00 bits per heavy atom. The lowest BCUT2D eigenvalue weighted by Gasteiger charge is -2.01. The van der Waals surface area contributed by atoms with Crippen LogP contribution in [0.25, 0.3) is 0 Å². The Kier molecular flexibility index (Phi) is 0.685. The molecule has 0 saturated heterocycles. The van der Waals surface area contributed by atoms with Gasteiger partial charge < -0.3 is 0 Å². The molecule has 0 aromatic carbocycles. The minimum Gasteiger partial charge on any atom is -0.264 e. The zero-order valence-corrected chi connectivity index (χ0v) is 3.89. The van der Waals surface area contributed by atoms with E-state index < -0.39 is 0 Å². The lowest BCUT2D eigenvalue weighted by atomic mass is 10.7. The number of nitrogens with one attached hydrogen (secondary N) is 2. The van der Waals surface area contributed by atoms with Gasteiger partial charge in [0.15, 0.2) is 0 Å². The molecule has 0 aromatic rings. The SMILES string of the molecule is [2H]C1=NNC(C)=NN1. The molecule has 0 aliphatic carbocycles. The van der Waals surface area contributed by atoms with Crippen molar-refractivity contribution < 1.29 is 1.37 Å². The van der Waals surface area contributed by atoms with E-state index >= 15 is 0 Å². The van der Waals surface area contributed by atoms with Crippen LogP contribution in [0.2, 0.25) is 0 Å². The quantitative estimate of drug-likeness (QED) is 0.428. The van der Waals surface area contributed by atoms with Crippen molar-refractivity contribution in [2.45, 2.75) is 6.92 Å². The molecule has 4 nitrogen and oxygen atoms in total. The molecule has 0 fully saturated rings. The van der Waals surface area contributed by atoms with Crippen LogP contribution < -0.4 is 10.9 Å². The summed E-state index contributed by atoms with van der Waals surface area (Å²) in [6, 6.07) is 0. The second-order valence-electron chi connectivity index (χ2n) is 1.14. The number of hydrazone groups is 2. The van der Waals surface area contributed by atoms with Crippen molar-refractivity contribution in [3.8, 4) is 0 Å². The molecule has 0 radical (unpaired) electrons. The molecule has 0 spiro atoms. The third-order valence-electron chi connectivity index (χ3n) is 0.547. The van der Waals surface area contributed by atoms with Gasteiger partial charge in [-0.1, -0.05) is 0 Å². The van der Waals surface area contributed by atoms with Gasteiger partial charge in [0.05, 0.1) is 0 Å². The smallest absolute Gasteiger partial charge is 0.139 e. The van der Waals surface area contributed by atoms with Crippen LogP contribution in [0.4, 0.5) is 0 Å². The molecule has 0 bridgehead atoms. The number of hydrogen-bond donors (Lipinski definition) is 2. The molecule has 2 N–H and O–H groups in total. The average molecular weight is 99.1 g/mol. The Morgan fingerprint density at radius 3 is 3.29 bits per heavy atom. The van der Waals surface area contributed by atoms with Crippen LogP contribution in [-0.2, 0) is 0 Å². The molecule has 4 heteroatoms. The standard InChI is InChI=1S/C3H6N4/c1-3-6-4-2-5-7-3/h2H,1H3,(H,4,5)(H,6,7)/i2D. The van der Waals surface area contributed by atoms with Gasteiger partial charge >= 0.3 is 0 Å². The van der Waals surface area contributed by atoms with Crippen molar-refractivity contribution in [2.24, 2.45) is 10.2 Å². The first-order chi connectivity index (χ1) is 3.79. The predicted octanol–water partition coefficient (Wildman–Crippen LogP) is -0.544. The Balaban J connectivity index is 2.54. The first kappa shape index (κ1) is 3.01.